The fraction of sp³-hybridized carbons (Fsp3) is 0.444. The van der Waals surface area contributed by atoms with Crippen molar-refractivity contribution in [2.75, 3.05) is 18.0 Å². The predicted molar refractivity (Wildman–Crippen MR) is 88.8 cm³/mol. The predicted octanol–water partition coefficient (Wildman–Crippen LogP) is 3.83. The number of carbonyl (C=O) groups is 1. The Hall–Kier alpha value is -2.10. The fourth-order valence-electron chi connectivity index (χ4n) is 2.96. The molecule has 4 heteroatoms. The Morgan fingerprint density at radius 1 is 1.18 bits per heavy atom. The minimum Gasteiger partial charge on any atom is -0.478 e. The first kappa shape index (κ1) is 14.8. The molecule has 0 amide bonds. The van der Waals surface area contributed by atoms with Crippen LogP contribution in [0.1, 0.15) is 49.5 Å². The van der Waals surface area contributed by atoms with Gasteiger partial charge in [0.05, 0.1) is 5.52 Å². The highest BCUT2D eigenvalue weighted by atomic mass is 16.4. The first-order chi connectivity index (χ1) is 10.4. The number of aromatic nitrogens is 1. The van der Waals surface area contributed by atoms with Crippen LogP contribution in [-0.2, 0) is 5.41 Å². The van der Waals surface area contributed by atoms with E-state index in [-0.39, 0.29) is 5.41 Å². The van der Waals surface area contributed by atoms with Crippen molar-refractivity contribution < 1.29 is 9.90 Å². The molecule has 3 rings (SSSR count). The molecule has 1 N–H and O–H groups in total. The van der Waals surface area contributed by atoms with Crippen LogP contribution in [0.2, 0.25) is 0 Å². The number of anilines is 1. The molecule has 1 fully saturated rings. The van der Waals surface area contributed by atoms with E-state index in [0.717, 1.165) is 36.8 Å². The van der Waals surface area contributed by atoms with E-state index in [9.17, 15) is 9.90 Å². The monoisotopic (exact) mass is 298 g/mol. The molecule has 1 aliphatic rings. The van der Waals surface area contributed by atoms with Crippen LogP contribution in [0.25, 0.3) is 10.9 Å². The van der Waals surface area contributed by atoms with Gasteiger partial charge in [0.2, 0.25) is 0 Å². The van der Waals surface area contributed by atoms with Crippen molar-refractivity contribution in [1.29, 1.82) is 0 Å². The molecule has 2 heterocycles. The Bertz CT molecular complexity index is 726. The van der Waals surface area contributed by atoms with E-state index in [4.69, 9.17) is 0 Å². The molecular weight excluding hydrogens is 276 g/mol. The molecule has 4 nitrogen and oxygen atoms in total. The largest absolute Gasteiger partial charge is 0.478 e. The Morgan fingerprint density at radius 2 is 1.86 bits per heavy atom. The molecule has 1 saturated heterocycles. The van der Waals surface area contributed by atoms with Gasteiger partial charge in [-0.3, -0.25) is 0 Å². The number of carboxylic acid groups (broad SMARTS) is 1. The Kier molecular flexibility index (Phi) is 3.55. The van der Waals surface area contributed by atoms with Gasteiger partial charge in [0, 0.05) is 18.5 Å². The summed E-state index contributed by atoms with van der Waals surface area (Å²) in [6.45, 7) is 8.23. The number of nitrogens with zero attached hydrogens (tertiary/aromatic N) is 2. The van der Waals surface area contributed by atoms with Gasteiger partial charge in [0.25, 0.3) is 0 Å². The van der Waals surface area contributed by atoms with Gasteiger partial charge >= 0.3 is 5.97 Å². The van der Waals surface area contributed by atoms with Crippen molar-refractivity contribution in [2.24, 2.45) is 0 Å². The van der Waals surface area contributed by atoms with Crippen molar-refractivity contribution >= 4 is 22.7 Å². The zero-order valence-electron chi connectivity index (χ0n) is 13.4. The van der Waals surface area contributed by atoms with Crippen molar-refractivity contribution in [1.82, 2.24) is 4.98 Å². The van der Waals surface area contributed by atoms with Gasteiger partial charge in [-0.25, -0.2) is 9.78 Å². The Morgan fingerprint density at radius 3 is 2.45 bits per heavy atom. The Labute approximate surface area is 130 Å². The number of hydrogen-bond acceptors (Lipinski definition) is 3. The molecule has 0 bridgehead atoms. The number of pyridine rings is 1. The van der Waals surface area contributed by atoms with E-state index in [1.807, 2.05) is 6.07 Å². The highest BCUT2D eigenvalue weighted by Crippen LogP contribution is 2.30. The van der Waals surface area contributed by atoms with Crippen molar-refractivity contribution in [2.45, 2.75) is 39.0 Å². The van der Waals surface area contributed by atoms with Gasteiger partial charge in [-0.15, -0.1) is 0 Å². The van der Waals surface area contributed by atoms with Crippen LogP contribution >= 0.6 is 0 Å². The van der Waals surface area contributed by atoms with Crippen molar-refractivity contribution in [3.63, 3.8) is 0 Å². The van der Waals surface area contributed by atoms with Crippen LogP contribution in [0.3, 0.4) is 0 Å². The highest BCUT2D eigenvalue weighted by Gasteiger charge is 2.22. The maximum Gasteiger partial charge on any atom is 0.339 e. The molecule has 1 aliphatic heterocycles. The van der Waals surface area contributed by atoms with Gasteiger partial charge in [-0.2, -0.15) is 0 Å². The van der Waals surface area contributed by atoms with Crippen molar-refractivity contribution in [3.05, 3.63) is 35.4 Å². The van der Waals surface area contributed by atoms with Gasteiger partial charge in [-0.1, -0.05) is 26.8 Å². The summed E-state index contributed by atoms with van der Waals surface area (Å²) < 4.78 is 0. The standard InChI is InChI=1S/C18H22N2O2/c1-18(2,3)13-6-7-15-12(10-13)11-14(17(21)22)16(19-15)20-8-4-5-9-20/h6-7,10-11H,4-5,8-9H2,1-3H3,(H,21,22). The highest BCUT2D eigenvalue weighted by molar-refractivity contribution is 5.98. The second kappa shape index (κ2) is 5.27. The van der Waals surface area contributed by atoms with E-state index in [1.165, 1.54) is 5.56 Å². The van der Waals surface area contributed by atoms with Gasteiger partial charge in [0.15, 0.2) is 0 Å². The van der Waals surface area contributed by atoms with Gasteiger partial charge in [-0.05, 0) is 42.0 Å². The van der Waals surface area contributed by atoms with Crippen LogP contribution in [0.5, 0.6) is 0 Å². The van der Waals surface area contributed by atoms with Crippen LogP contribution in [0, 0.1) is 0 Å². The minimum absolute atomic E-state index is 0.0329. The number of carboxylic acids is 1. The summed E-state index contributed by atoms with van der Waals surface area (Å²) in [5.74, 6) is -0.293. The zero-order valence-corrected chi connectivity index (χ0v) is 13.4. The number of rotatable bonds is 2. The minimum atomic E-state index is -0.905. The SMILES string of the molecule is CC(C)(C)c1ccc2nc(N3CCCC3)c(C(=O)O)cc2c1. The summed E-state index contributed by atoms with van der Waals surface area (Å²) in [7, 11) is 0. The Balaban J connectivity index is 2.17. The van der Waals surface area contributed by atoms with Crippen LogP contribution in [-0.4, -0.2) is 29.1 Å². The summed E-state index contributed by atoms with van der Waals surface area (Å²) >= 11 is 0. The number of aromatic carboxylic acids is 1. The number of benzene rings is 1. The maximum atomic E-state index is 11.6. The lowest BCUT2D eigenvalue weighted by atomic mass is 9.86. The lowest BCUT2D eigenvalue weighted by Gasteiger charge is -2.21. The maximum absolute atomic E-state index is 11.6. The second-order valence-corrected chi connectivity index (χ2v) is 7.02. The van der Waals surface area contributed by atoms with Gasteiger partial charge < -0.3 is 10.0 Å². The third kappa shape index (κ3) is 2.65. The number of fused-ring (bicyclic) bond motifs is 1. The van der Waals surface area contributed by atoms with E-state index in [1.54, 1.807) is 6.07 Å². The van der Waals surface area contributed by atoms with E-state index >= 15 is 0 Å². The smallest absolute Gasteiger partial charge is 0.339 e. The molecule has 116 valence electrons. The summed E-state index contributed by atoms with van der Waals surface area (Å²) in [5.41, 5.74) is 2.39. The normalized spacial score (nSPS) is 15.5. The lowest BCUT2D eigenvalue weighted by molar-refractivity contribution is 0.0697. The summed E-state index contributed by atoms with van der Waals surface area (Å²) in [5, 5.41) is 10.4. The van der Waals surface area contributed by atoms with Crippen molar-refractivity contribution in [3.8, 4) is 0 Å². The molecule has 1 aromatic carbocycles. The average Bonchev–Trinajstić information content (AvgIpc) is 2.98. The molecular formula is C18H22N2O2. The summed E-state index contributed by atoms with van der Waals surface area (Å²) in [6, 6.07) is 7.92. The van der Waals surface area contributed by atoms with E-state index < -0.39 is 5.97 Å². The zero-order chi connectivity index (χ0) is 15.9. The first-order valence-corrected chi connectivity index (χ1v) is 7.80. The molecule has 0 radical (unpaired) electrons. The molecule has 0 saturated carbocycles. The second-order valence-electron chi connectivity index (χ2n) is 7.02. The van der Waals surface area contributed by atoms with E-state index in [0.29, 0.717) is 11.4 Å². The number of hydrogen-bond donors (Lipinski definition) is 1. The van der Waals surface area contributed by atoms with Crippen LogP contribution in [0.15, 0.2) is 24.3 Å². The third-order valence-electron chi connectivity index (χ3n) is 4.30. The molecule has 1 aromatic heterocycles. The fourth-order valence-corrected chi connectivity index (χ4v) is 2.96. The molecule has 0 unspecified atom stereocenters. The topological polar surface area (TPSA) is 53.4 Å². The van der Waals surface area contributed by atoms with Crippen LogP contribution in [0.4, 0.5) is 5.82 Å². The molecule has 2 aromatic rings. The molecule has 22 heavy (non-hydrogen) atoms. The summed E-state index contributed by atoms with van der Waals surface area (Å²) in [4.78, 5) is 18.4. The summed E-state index contributed by atoms with van der Waals surface area (Å²) in [6.07, 6.45) is 2.20. The average molecular weight is 298 g/mol. The van der Waals surface area contributed by atoms with Gasteiger partial charge in [0.1, 0.15) is 11.4 Å². The molecule has 0 aliphatic carbocycles. The molecule has 0 atom stereocenters. The first-order valence-electron chi connectivity index (χ1n) is 7.80. The quantitative estimate of drug-likeness (QED) is 0.915. The lowest BCUT2D eigenvalue weighted by Crippen LogP contribution is -2.22. The van der Waals surface area contributed by atoms with E-state index in [2.05, 4.69) is 42.8 Å². The molecule has 0 spiro atoms. The van der Waals surface area contributed by atoms with Crippen LogP contribution < -0.4 is 4.90 Å². The third-order valence-corrected chi connectivity index (χ3v) is 4.30.